The van der Waals surface area contributed by atoms with Gasteiger partial charge in [0.05, 0.1) is 5.52 Å². The fraction of sp³-hybridized carbons (Fsp3) is 0.182. The summed E-state index contributed by atoms with van der Waals surface area (Å²) >= 11 is 0. The summed E-state index contributed by atoms with van der Waals surface area (Å²) in [6.45, 7) is 1.15. The molecule has 0 aliphatic heterocycles. The lowest BCUT2D eigenvalue weighted by molar-refractivity contribution is 0.0947. The molecule has 0 radical (unpaired) electrons. The second-order valence-corrected chi connectivity index (χ2v) is 6.78. The number of fused-ring (bicyclic) bond motifs is 1. The number of likely N-dealkylation sites (N-methyl/N-ethyl adjacent to an activating group) is 1. The van der Waals surface area contributed by atoms with Crippen molar-refractivity contribution in [1.82, 2.24) is 25.5 Å². The Morgan fingerprint density at radius 1 is 1.03 bits per heavy atom. The molecule has 4 rings (SSSR count). The molecule has 4 aromatic rings. The quantitative estimate of drug-likeness (QED) is 0.510. The lowest BCUT2D eigenvalue weighted by Crippen LogP contribution is -2.27. The summed E-state index contributed by atoms with van der Waals surface area (Å²) < 4.78 is 0. The van der Waals surface area contributed by atoms with Gasteiger partial charge in [-0.25, -0.2) is 4.98 Å². The van der Waals surface area contributed by atoms with Crippen LogP contribution < -0.4 is 10.2 Å². The molecular formula is C22H22N6O. The van der Waals surface area contributed by atoms with Crippen LogP contribution in [0.2, 0.25) is 0 Å². The predicted molar refractivity (Wildman–Crippen MR) is 113 cm³/mol. The van der Waals surface area contributed by atoms with Crippen LogP contribution >= 0.6 is 0 Å². The van der Waals surface area contributed by atoms with Gasteiger partial charge in [0.1, 0.15) is 5.82 Å². The van der Waals surface area contributed by atoms with Crippen molar-refractivity contribution in [2.75, 3.05) is 18.5 Å². The summed E-state index contributed by atoms with van der Waals surface area (Å²) in [7, 11) is 2.00. The van der Waals surface area contributed by atoms with Gasteiger partial charge in [0.2, 0.25) is 0 Å². The number of anilines is 1. The zero-order chi connectivity index (χ0) is 20.1. The molecule has 2 N–H and O–H groups in total. The number of nitrogens with zero attached hydrogens (tertiary/aromatic N) is 4. The molecule has 1 aromatic carbocycles. The van der Waals surface area contributed by atoms with E-state index in [1.165, 1.54) is 0 Å². The highest BCUT2D eigenvalue weighted by molar-refractivity contribution is 6.04. The standard InChI is InChI=1S/C22H22N6O/c1-28(14-11-17-8-4-5-12-23-17)21-16(7-6-13-24-21)15-25-22(29)20-18-9-2-3-10-19(18)26-27-20/h2-10,12-13H,11,14-15H2,1H3,(H,25,29)(H,26,27). The Kier molecular flexibility index (Phi) is 5.47. The number of H-pyrrole nitrogens is 1. The Morgan fingerprint density at radius 2 is 1.86 bits per heavy atom. The minimum absolute atomic E-state index is 0.214. The molecule has 7 heteroatoms. The van der Waals surface area contributed by atoms with E-state index >= 15 is 0 Å². The molecule has 7 nitrogen and oxygen atoms in total. The molecule has 3 aromatic heterocycles. The molecule has 0 bridgehead atoms. The Balaban J connectivity index is 1.43. The minimum atomic E-state index is -0.214. The first-order chi connectivity index (χ1) is 14.2. The lowest BCUT2D eigenvalue weighted by Gasteiger charge is -2.21. The molecule has 0 saturated heterocycles. The van der Waals surface area contributed by atoms with E-state index in [0.29, 0.717) is 12.2 Å². The van der Waals surface area contributed by atoms with Crippen LogP contribution in [-0.4, -0.2) is 39.7 Å². The van der Waals surface area contributed by atoms with E-state index < -0.39 is 0 Å². The van der Waals surface area contributed by atoms with E-state index in [2.05, 4.69) is 30.4 Å². The van der Waals surface area contributed by atoms with Crippen molar-refractivity contribution in [3.8, 4) is 0 Å². The van der Waals surface area contributed by atoms with Gasteiger partial charge in [-0.2, -0.15) is 5.10 Å². The van der Waals surface area contributed by atoms with E-state index in [9.17, 15) is 4.79 Å². The number of aromatic amines is 1. The van der Waals surface area contributed by atoms with Gasteiger partial charge in [-0.15, -0.1) is 0 Å². The van der Waals surface area contributed by atoms with Crippen LogP contribution in [-0.2, 0) is 13.0 Å². The molecular weight excluding hydrogens is 364 g/mol. The van der Waals surface area contributed by atoms with E-state index in [1.54, 1.807) is 12.4 Å². The molecule has 0 atom stereocenters. The van der Waals surface area contributed by atoms with Gasteiger partial charge < -0.3 is 10.2 Å². The van der Waals surface area contributed by atoms with Crippen molar-refractivity contribution in [2.45, 2.75) is 13.0 Å². The van der Waals surface area contributed by atoms with Gasteiger partial charge in [0.25, 0.3) is 5.91 Å². The summed E-state index contributed by atoms with van der Waals surface area (Å²) in [4.78, 5) is 23.6. The first kappa shape index (κ1) is 18.6. The maximum absolute atomic E-state index is 12.6. The molecule has 29 heavy (non-hydrogen) atoms. The number of hydrogen-bond donors (Lipinski definition) is 2. The Hall–Kier alpha value is -3.74. The first-order valence-corrected chi connectivity index (χ1v) is 9.48. The molecule has 0 unspecified atom stereocenters. The molecule has 3 heterocycles. The van der Waals surface area contributed by atoms with Gasteiger partial charge >= 0.3 is 0 Å². The van der Waals surface area contributed by atoms with Crippen molar-refractivity contribution in [2.24, 2.45) is 0 Å². The van der Waals surface area contributed by atoms with Crippen LogP contribution in [0.5, 0.6) is 0 Å². The number of pyridine rings is 2. The number of hydrogen-bond acceptors (Lipinski definition) is 5. The number of benzene rings is 1. The third-order valence-corrected chi connectivity index (χ3v) is 4.78. The largest absolute Gasteiger partial charge is 0.359 e. The van der Waals surface area contributed by atoms with Gasteiger partial charge in [-0.3, -0.25) is 14.9 Å². The van der Waals surface area contributed by atoms with Crippen LogP contribution in [0, 0.1) is 0 Å². The third-order valence-electron chi connectivity index (χ3n) is 4.78. The zero-order valence-corrected chi connectivity index (χ0v) is 16.2. The van der Waals surface area contributed by atoms with Crippen LogP contribution in [0.3, 0.4) is 0 Å². The van der Waals surface area contributed by atoms with Gasteiger partial charge in [0, 0.05) is 55.6 Å². The highest BCUT2D eigenvalue weighted by atomic mass is 16.1. The average molecular weight is 386 g/mol. The number of carbonyl (C=O) groups excluding carboxylic acids is 1. The monoisotopic (exact) mass is 386 g/mol. The van der Waals surface area contributed by atoms with Gasteiger partial charge in [-0.05, 0) is 24.3 Å². The van der Waals surface area contributed by atoms with Crippen LogP contribution in [0.25, 0.3) is 10.9 Å². The Labute approximate surface area is 168 Å². The second-order valence-electron chi connectivity index (χ2n) is 6.78. The van der Waals surface area contributed by atoms with Gasteiger partial charge in [-0.1, -0.05) is 30.3 Å². The Bertz CT molecular complexity index is 1110. The van der Waals surface area contributed by atoms with Crippen molar-refractivity contribution < 1.29 is 4.79 Å². The third kappa shape index (κ3) is 4.24. The average Bonchev–Trinajstić information content (AvgIpc) is 3.21. The minimum Gasteiger partial charge on any atom is -0.359 e. The first-order valence-electron chi connectivity index (χ1n) is 9.48. The molecule has 0 spiro atoms. The van der Waals surface area contributed by atoms with Crippen LogP contribution in [0.15, 0.2) is 67.0 Å². The van der Waals surface area contributed by atoms with Crippen molar-refractivity contribution in [3.05, 3.63) is 83.9 Å². The molecule has 1 amide bonds. The molecule has 146 valence electrons. The number of para-hydroxylation sites is 1. The molecule has 0 aliphatic carbocycles. The lowest BCUT2D eigenvalue weighted by atomic mass is 10.2. The van der Waals surface area contributed by atoms with Crippen molar-refractivity contribution in [3.63, 3.8) is 0 Å². The maximum atomic E-state index is 12.6. The topological polar surface area (TPSA) is 86.8 Å². The summed E-state index contributed by atoms with van der Waals surface area (Å²) in [5.41, 5.74) is 3.23. The number of nitrogens with one attached hydrogen (secondary N) is 2. The normalized spacial score (nSPS) is 10.8. The zero-order valence-electron chi connectivity index (χ0n) is 16.2. The summed E-state index contributed by atoms with van der Waals surface area (Å²) in [5, 5.41) is 10.8. The van der Waals surface area contributed by atoms with Crippen molar-refractivity contribution >= 4 is 22.6 Å². The second kappa shape index (κ2) is 8.52. The SMILES string of the molecule is CN(CCc1ccccn1)c1ncccc1CNC(=O)c1n[nH]c2ccccc12. The smallest absolute Gasteiger partial charge is 0.272 e. The highest BCUT2D eigenvalue weighted by Crippen LogP contribution is 2.18. The Morgan fingerprint density at radius 3 is 2.72 bits per heavy atom. The number of amides is 1. The fourth-order valence-electron chi connectivity index (χ4n) is 3.24. The van der Waals surface area contributed by atoms with E-state index in [4.69, 9.17) is 0 Å². The van der Waals surface area contributed by atoms with Crippen LogP contribution in [0.4, 0.5) is 5.82 Å². The highest BCUT2D eigenvalue weighted by Gasteiger charge is 2.15. The molecule has 0 saturated carbocycles. The number of aromatic nitrogens is 4. The van der Waals surface area contributed by atoms with Crippen LogP contribution in [0.1, 0.15) is 21.7 Å². The number of rotatable bonds is 7. The molecule has 0 fully saturated rings. The fourth-order valence-corrected chi connectivity index (χ4v) is 3.24. The van der Waals surface area contributed by atoms with E-state index in [-0.39, 0.29) is 5.91 Å². The number of carbonyl (C=O) groups is 1. The van der Waals surface area contributed by atoms with Gasteiger partial charge in [0.15, 0.2) is 5.69 Å². The maximum Gasteiger partial charge on any atom is 0.272 e. The summed E-state index contributed by atoms with van der Waals surface area (Å²) in [5.74, 6) is 0.629. The van der Waals surface area contributed by atoms with E-state index in [0.717, 1.165) is 40.9 Å². The van der Waals surface area contributed by atoms with E-state index in [1.807, 2.05) is 61.6 Å². The van der Waals surface area contributed by atoms with Crippen molar-refractivity contribution in [1.29, 1.82) is 0 Å². The summed E-state index contributed by atoms with van der Waals surface area (Å²) in [6, 6.07) is 17.3. The summed E-state index contributed by atoms with van der Waals surface area (Å²) in [6.07, 6.45) is 4.38. The molecule has 0 aliphatic rings. The predicted octanol–water partition coefficient (Wildman–Crippen LogP) is 2.96.